The second-order valence-electron chi connectivity index (χ2n) is 6.95. The first kappa shape index (κ1) is 16.9. The number of esters is 1. The van der Waals surface area contributed by atoms with Gasteiger partial charge in [-0.2, -0.15) is 0 Å². The zero-order chi connectivity index (χ0) is 16.2. The lowest BCUT2D eigenvalue weighted by Gasteiger charge is -2.38. The van der Waals surface area contributed by atoms with Gasteiger partial charge in [0, 0.05) is 37.6 Å². The molecule has 0 aromatic carbocycles. The monoisotopic (exact) mass is 305 g/mol. The van der Waals surface area contributed by atoms with Crippen molar-refractivity contribution in [2.75, 3.05) is 13.1 Å². The summed E-state index contributed by atoms with van der Waals surface area (Å²) in [5, 5.41) is 0. The second-order valence-corrected chi connectivity index (χ2v) is 6.95. The van der Waals surface area contributed by atoms with Crippen molar-refractivity contribution in [3.63, 3.8) is 0 Å². The first-order valence-corrected chi connectivity index (χ1v) is 7.96. The van der Waals surface area contributed by atoms with E-state index in [1.165, 1.54) is 5.56 Å². The van der Waals surface area contributed by atoms with E-state index in [4.69, 9.17) is 10.5 Å². The number of likely N-dealkylation sites (tertiary alicyclic amines) is 1. The summed E-state index contributed by atoms with van der Waals surface area (Å²) in [5.74, 6) is -0.143. The zero-order valence-corrected chi connectivity index (χ0v) is 13.8. The van der Waals surface area contributed by atoms with Gasteiger partial charge in [0.2, 0.25) is 0 Å². The van der Waals surface area contributed by atoms with Gasteiger partial charge in [0.15, 0.2) is 0 Å². The van der Waals surface area contributed by atoms with Crippen LogP contribution in [0.1, 0.15) is 51.6 Å². The number of nitrogens with two attached hydrogens (primary N) is 1. The van der Waals surface area contributed by atoms with Crippen LogP contribution in [0.5, 0.6) is 0 Å². The molecule has 22 heavy (non-hydrogen) atoms. The van der Waals surface area contributed by atoms with Crippen molar-refractivity contribution >= 4 is 5.97 Å². The van der Waals surface area contributed by atoms with Crippen LogP contribution in [0.15, 0.2) is 24.5 Å². The van der Waals surface area contributed by atoms with Gasteiger partial charge in [0.05, 0.1) is 6.42 Å². The maximum Gasteiger partial charge on any atom is 0.307 e. The van der Waals surface area contributed by atoms with Crippen molar-refractivity contribution in [1.82, 2.24) is 9.88 Å². The maximum absolute atomic E-state index is 11.9. The van der Waals surface area contributed by atoms with E-state index >= 15 is 0 Å². The Morgan fingerprint density at radius 1 is 1.41 bits per heavy atom. The first-order valence-electron chi connectivity index (χ1n) is 7.96. The van der Waals surface area contributed by atoms with Gasteiger partial charge in [-0.1, -0.05) is 0 Å². The molecule has 0 bridgehead atoms. The first-order chi connectivity index (χ1) is 10.3. The third kappa shape index (κ3) is 5.07. The Labute approximate surface area is 132 Å². The van der Waals surface area contributed by atoms with Gasteiger partial charge in [-0.05, 0) is 51.3 Å². The molecule has 2 heterocycles. The summed E-state index contributed by atoms with van der Waals surface area (Å²) >= 11 is 0. The molecule has 1 aromatic rings. The minimum absolute atomic E-state index is 0.143. The molecular weight excluding hydrogens is 278 g/mol. The van der Waals surface area contributed by atoms with Gasteiger partial charge in [-0.15, -0.1) is 0 Å². The van der Waals surface area contributed by atoms with E-state index in [1.807, 2.05) is 45.3 Å². The van der Waals surface area contributed by atoms with Crippen LogP contribution in [-0.4, -0.2) is 40.6 Å². The topological polar surface area (TPSA) is 68.5 Å². The highest BCUT2D eigenvalue weighted by molar-refractivity contribution is 5.70. The van der Waals surface area contributed by atoms with Gasteiger partial charge < -0.3 is 10.5 Å². The number of ether oxygens (including phenoxy) is 1. The zero-order valence-electron chi connectivity index (χ0n) is 13.8. The number of hydrogen-bond acceptors (Lipinski definition) is 5. The summed E-state index contributed by atoms with van der Waals surface area (Å²) in [5.41, 5.74) is 6.92. The van der Waals surface area contributed by atoms with Crippen LogP contribution < -0.4 is 5.73 Å². The molecule has 0 amide bonds. The summed E-state index contributed by atoms with van der Waals surface area (Å²) in [7, 11) is 0. The van der Waals surface area contributed by atoms with Crippen LogP contribution in [0.25, 0.3) is 0 Å². The smallest absolute Gasteiger partial charge is 0.307 e. The number of piperidine rings is 1. The number of pyridine rings is 1. The van der Waals surface area contributed by atoms with E-state index in [2.05, 4.69) is 9.88 Å². The molecule has 2 N–H and O–H groups in total. The highest BCUT2D eigenvalue weighted by Gasteiger charge is 2.28. The molecule has 0 saturated carbocycles. The van der Waals surface area contributed by atoms with Crippen LogP contribution in [0, 0.1) is 0 Å². The molecule has 1 aliphatic rings. The van der Waals surface area contributed by atoms with Gasteiger partial charge >= 0.3 is 5.97 Å². The Bertz CT molecular complexity index is 484. The fourth-order valence-corrected chi connectivity index (χ4v) is 2.87. The minimum Gasteiger partial charge on any atom is -0.460 e. The third-order valence-corrected chi connectivity index (χ3v) is 3.87. The molecule has 2 atom stereocenters. The molecule has 2 unspecified atom stereocenters. The van der Waals surface area contributed by atoms with E-state index < -0.39 is 5.60 Å². The standard InChI is InChI=1S/C17H27N3O2/c1-17(2,3)22-16(21)7-11-20-10-6-14(18)12-15(20)13-4-8-19-9-5-13/h4-5,8-9,14-15H,6-7,10-12,18H2,1-3H3. The Morgan fingerprint density at radius 3 is 2.73 bits per heavy atom. The average Bonchev–Trinajstić information content (AvgIpc) is 2.45. The third-order valence-electron chi connectivity index (χ3n) is 3.87. The minimum atomic E-state index is -0.425. The Balaban J connectivity index is 1.97. The van der Waals surface area contributed by atoms with Crippen molar-refractivity contribution < 1.29 is 9.53 Å². The summed E-state index contributed by atoms with van der Waals surface area (Å²) < 4.78 is 5.39. The summed E-state index contributed by atoms with van der Waals surface area (Å²) in [4.78, 5) is 18.3. The summed E-state index contributed by atoms with van der Waals surface area (Å²) in [6, 6.07) is 4.54. The number of carbonyl (C=O) groups is 1. The van der Waals surface area contributed by atoms with E-state index in [0.717, 1.165) is 19.4 Å². The number of nitrogens with zero attached hydrogens (tertiary/aromatic N) is 2. The number of rotatable bonds is 4. The highest BCUT2D eigenvalue weighted by Crippen LogP contribution is 2.30. The lowest BCUT2D eigenvalue weighted by Crippen LogP contribution is -2.43. The van der Waals surface area contributed by atoms with E-state index in [-0.39, 0.29) is 18.1 Å². The number of aromatic nitrogens is 1. The predicted octanol–water partition coefficient (Wildman–Crippen LogP) is 2.28. The summed E-state index contributed by atoms with van der Waals surface area (Å²) in [6.07, 6.45) is 5.91. The second kappa shape index (κ2) is 7.20. The summed E-state index contributed by atoms with van der Waals surface area (Å²) in [6.45, 7) is 7.30. The van der Waals surface area contributed by atoms with E-state index in [0.29, 0.717) is 13.0 Å². The van der Waals surface area contributed by atoms with Crippen LogP contribution in [0.4, 0.5) is 0 Å². The predicted molar refractivity (Wildman–Crippen MR) is 86.2 cm³/mol. The van der Waals surface area contributed by atoms with Crippen LogP contribution in [0.3, 0.4) is 0 Å². The molecule has 1 aliphatic heterocycles. The molecule has 0 spiro atoms. The van der Waals surface area contributed by atoms with Crippen molar-refractivity contribution in [1.29, 1.82) is 0 Å². The molecule has 1 saturated heterocycles. The number of hydrogen-bond donors (Lipinski definition) is 1. The fraction of sp³-hybridized carbons (Fsp3) is 0.647. The molecule has 5 heteroatoms. The Morgan fingerprint density at radius 2 is 2.09 bits per heavy atom. The van der Waals surface area contributed by atoms with Gasteiger partial charge in [0.1, 0.15) is 5.60 Å². The molecule has 0 radical (unpaired) electrons. The molecule has 0 aliphatic carbocycles. The SMILES string of the molecule is CC(C)(C)OC(=O)CCN1CCC(N)CC1c1ccncc1. The van der Waals surface area contributed by atoms with E-state index in [1.54, 1.807) is 0 Å². The highest BCUT2D eigenvalue weighted by atomic mass is 16.6. The molecule has 1 fully saturated rings. The van der Waals surface area contributed by atoms with Gasteiger partial charge in [0.25, 0.3) is 0 Å². The molecule has 122 valence electrons. The van der Waals surface area contributed by atoms with Crippen LogP contribution in [-0.2, 0) is 9.53 Å². The number of carbonyl (C=O) groups excluding carboxylic acids is 1. The van der Waals surface area contributed by atoms with Crippen molar-refractivity contribution in [3.8, 4) is 0 Å². The lowest BCUT2D eigenvalue weighted by atomic mass is 9.92. The Kier molecular flexibility index (Phi) is 5.53. The normalized spacial score (nSPS) is 23.3. The largest absolute Gasteiger partial charge is 0.460 e. The van der Waals surface area contributed by atoms with E-state index in [9.17, 15) is 4.79 Å². The molecule has 1 aromatic heterocycles. The van der Waals surface area contributed by atoms with Crippen molar-refractivity contribution in [2.24, 2.45) is 5.73 Å². The van der Waals surface area contributed by atoms with Crippen molar-refractivity contribution in [3.05, 3.63) is 30.1 Å². The maximum atomic E-state index is 11.9. The van der Waals surface area contributed by atoms with Gasteiger partial charge in [-0.25, -0.2) is 0 Å². The molecule has 5 nitrogen and oxygen atoms in total. The van der Waals surface area contributed by atoms with Crippen LogP contribution >= 0.6 is 0 Å². The lowest BCUT2D eigenvalue weighted by molar-refractivity contribution is -0.155. The molecule has 2 rings (SSSR count). The van der Waals surface area contributed by atoms with Crippen molar-refractivity contribution in [2.45, 2.75) is 57.7 Å². The molecular formula is C17H27N3O2. The van der Waals surface area contributed by atoms with Gasteiger partial charge in [-0.3, -0.25) is 14.7 Å². The fourth-order valence-electron chi connectivity index (χ4n) is 2.87. The quantitative estimate of drug-likeness (QED) is 0.864. The average molecular weight is 305 g/mol. The van der Waals surface area contributed by atoms with Crippen LogP contribution in [0.2, 0.25) is 0 Å². The Hall–Kier alpha value is -1.46.